The van der Waals surface area contributed by atoms with Gasteiger partial charge in [-0.25, -0.2) is 0 Å². The highest BCUT2D eigenvalue weighted by molar-refractivity contribution is 5.92. The molecule has 0 aliphatic rings. The summed E-state index contributed by atoms with van der Waals surface area (Å²) in [6, 6.07) is 19.1. The summed E-state index contributed by atoms with van der Waals surface area (Å²) in [6.45, 7) is 0.566. The molecule has 2 N–H and O–H groups in total. The number of benzene rings is 3. The molecule has 0 heterocycles. The Labute approximate surface area is 206 Å². The molecule has 10 nitrogen and oxygen atoms in total. The Bertz CT molecular complexity index is 1220. The van der Waals surface area contributed by atoms with Crippen molar-refractivity contribution in [3.63, 3.8) is 0 Å². The van der Waals surface area contributed by atoms with E-state index in [4.69, 9.17) is 0 Å². The summed E-state index contributed by atoms with van der Waals surface area (Å²) < 4.78 is 0. The van der Waals surface area contributed by atoms with Crippen LogP contribution in [0.25, 0.3) is 12.2 Å². The van der Waals surface area contributed by atoms with Crippen LogP contribution in [-0.4, -0.2) is 21.7 Å². The monoisotopic (exact) mass is 486 g/mol. The number of hydrogen-bond donors (Lipinski definition) is 2. The Morgan fingerprint density at radius 1 is 0.667 bits per heavy atom. The van der Waals surface area contributed by atoms with Crippen LogP contribution in [0.3, 0.4) is 0 Å². The second-order valence-corrected chi connectivity index (χ2v) is 7.62. The summed E-state index contributed by atoms with van der Waals surface area (Å²) in [6.07, 6.45) is 5.83. The number of nitrogens with one attached hydrogen (secondary N) is 2. The van der Waals surface area contributed by atoms with E-state index in [1.165, 1.54) is 36.4 Å². The van der Waals surface area contributed by atoms with Gasteiger partial charge in [-0.1, -0.05) is 24.3 Å². The Morgan fingerprint density at radius 3 is 1.42 bits per heavy atom. The van der Waals surface area contributed by atoms with Gasteiger partial charge in [0, 0.05) is 49.5 Å². The number of nitro groups is 2. The highest BCUT2D eigenvalue weighted by Gasteiger charge is 2.05. The molecule has 182 valence electrons. The zero-order chi connectivity index (χ0) is 25.9. The Balaban J connectivity index is 1.46. The lowest BCUT2D eigenvalue weighted by molar-refractivity contribution is -0.385. The van der Waals surface area contributed by atoms with E-state index >= 15 is 0 Å². The first-order valence-corrected chi connectivity index (χ1v) is 10.8. The van der Waals surface area contributed by atoms with E-state index in [1.54, 1.807) is 36.4 Å². The quantitative estimate of drug-likeness (QED) is 0.250. The third-order valence-corrected chi connectivity index (χ3v) is 4.99. The molecule has 0 atom stereocenters. The van der Waals surface area contributed by atoms with Gasteiger partial charge in [-0.15, -0.1) is 0 Å². The molecule has 3 aromatic carbocycles. The van der Waals surface area contributed by atoms with E-state index in [1.807, 2.05) is 24.3 Å². The fraction of sp³-hybridized carbons (Fsp3) is 0.0769. The maximum absolute atomic E-state index is 12.1. The largest absolute Gasteiger partial charge is 0.348 e. The van der Waals surface area contributed by atoms with Gasteiger partial charge in [0.2, 0.25) is 11.8 Å². The SMILES string of the molecule is O=C(C=Cc1ccc([N+](=O)[O-])cc1)NCc1cccc(CNC(=O)C=Cc2ccc([N+](=O)[O-])cc2)c1. The fourth-order valence-corrected chi connectivity index (χ4v) is 3.10. The molecule has 0 aromatic heterocycles. The van der Waals surface area contributed by atoms with E-state index in [-0.39, 0.29) is 36.3 Å². The number of hydrogen-bond acceptors (Lipinski definition) is 6. The predicted octanol–water partition coefficient (Wildman–Crippen LogP) is 4.16. The summed E-state index contributed by atoms with van der Waals surface area (Å²) in [5.41, 5.74) is 2.98. The van der Waals surface area contributed by atoms with Gasteiger partial charge in [-0.05, 0) is 58.7 Å². The van der Waals surface area contributed by atoms with Crippen LogP contribution in [0.5, 0.6) is 0 Å². The number of carbonyl (C=O) groups excluding carboxylic acids is 2. The molecule has 36 heavy (non-hydrogen) atoms. The van der Waals surface area contributed by atoms with Crippen LogP contribution < -0.4 is 10.6 Å². The highest BCUT2D eigenvalue weighted by Crippen LogP contribution is 2.14. The van der Waals surface area contributed by atoms with Gasteiger partial charge in [0.25, 0.3) is 11.4 Å². The Morgan fingerprint density at radius 2 is 1.06 bits per heavy atom. The number of nitro benzene ring substituents is 2. The molecule has 0 unspecified atom stereocenters. The average molecular weight is 486 g/mol. The van der Waals surface area contributed by atoms with Crippen molar-refractivity contribution < 1.29 is 19.4 Å². The van der Waals surface area contributed by atoms with E-state index < -0.39 is 9.85 Å². The van der Waals surface area contributed by atoms with Gasteiger partial charge in [-0.3, -0.25) is 29.8 Å². The van der Waals surface area contributed by atoms with E-state index in [2.05, 4.69) is 10.6 Å². The molecule has 0 spiro atoms. The molecule has 3 aromatic rings. The van der Waals surface area contributed by atoms with Crippen molar-refractivity contribution in [2.24, 2.45) is 0 Å². The molecule has 0 aliphatic carbocycles. The van der Waals surface area contributed by atoms with Crippen molar-refractivity contribution in [1.82, 2.24) is 10.6 Å². The van der Waals surface area contributed by atoms with Crippen molar-refractivity contribution in [2.75, 3.05) is 0 Å². The Kier molecular flexibility index (Phi) is 8.76. The minimum Gasteiger partial charge on any atom is -0.348 e. The molecule has 0 fully saturated rings. The lowest BCUT2D eigenvalue weighted by atomic mass is 10.1. The van der Waals surface area contributed by atoms with Crippen molar-refractivity contribution in [3.05, 3.63) is 127 Å². The van der Waals surface area contributed by atoms with E-state index in [0.717, 1.165) is 11.1 Å². The summed E-state index contributed by atoms with van der Waals surface area (Å²) in [7, 11) is 0. The van der Waals surface area contributed by atoms with E-state index in [9.17, 15) is 29.8 Å². The summed E-state index contributed by atoms with van der Waals surface area (Å²) >= 11 is 0. The van der Waals surface area contributed by atoms with Gasteiger partial charge in [0.15, 0.2) is 0 Å². The first-order valence-electron chi connectivity index (χ1n) is 10.8. The smallest absolute Gasteiger partial charge is 0.269 e. The topological polar surface area (TPSA) is 144 Å². The first kappa shape index (κ1) is 25.5. The minimum atomic E-state index is -0.488. The summed E-state index contributed by atoms with van der Waals surface area (Å²) in [4.78, 5) is 44.6. The van der Waals surface area contributed by atoms with Gasteiger partial charge >= 0.3 is 0 Å². The molecule has 10 heteroatoms. The minimum absolute atomic E-state index is 0.0202. The van der Waals surface area contributed by atoms with Crippen LogP contribution in [-0.2, 0) is 22.7 Å². The fourth-order valence-electron chi connectivity index (χ4n) is 3.10. The summed E-state index contributed by atoms with van der Waals surface area (Å²) in [5.74, 6) is -0.633. The molecule has 0 bridgehead atoms. The molecular formula is C26H22N4O6. The number of rotatable bonds is 10. The van der Waals surface area contributed by atoms with Crippen LogP contribution in [0.4, 0.5) is 11.4 Å². The predicted molar refractivity (Wildman–Crippen MR) is 134 cm³/mol. The lowest BCUT2D eigenvalue weighted by Gasteiger charge is -2.07. The van der Waals surface area contributed by atoms with Crippen LogP contribution >= 0.6 is 0 Å². The lowest BCUT2D eigenvalue weighted by Crippen LogP contribution is -2.21. The zero-order valence-corrected chi connectivity index (χ0v) is 19.0. The van der Waals surface area contributed by atoms with Crippen LogP contribution in [0, 0.1) is 20.2 Å². The molecule has 0 radical (unpaired) electrons. The van der Waals surface area contributed by atoms with Gasteiger partial charge in [0.1, 0.15) is 0 Å². The molecule has 0 saturated carbocycles. The normalized spacial score (nSPS) is 10.9. The number of amides is 2. The molecule has 3 rings (SSSR count). The second kappa shape index (κ2) is 12.4. The third-order valence-electron chi connectivity index (χ3n) is 4.99. The number of non-ortho nitro benzene ring substituents is 2. The Hall–Kier alpha value is -5.12. The number of carbonyl (C=O) groups is 2. The highest BCUT2D eigenvalue weighted by atomic mass is 16.6. The van der Waals surface area contributed by atoms with Gasteiger partial charge < -0.3 is 10.6 Å². The number of nitrogens with zero attached hydrogens (tertiary/aromatic N) is 2. The van der Waals surface area contributed by atoms with Crippen molar-refractivity contribution in [3.8, 4) is 0 Å². The van der Waals surface area contributed by atoms with Crippen LogP contribution in [0.15, 0.2) is 84.9 Å². The van der Waals surface area contributed by atoms with Crippen molar-refractivity contribution >= 4 is 35.3 Å². The third kappa shape index (κ3) is 8.03. The van der Waals surface area contributed by atoms with Gasteiger partial charge in [0.05, 0.1) is 9.85 Å². The maximum Gasteiger partial charge on any atom is 0.269 e. The second-order valence-electron chi connectivity index (χ2n) is 7.62. The molecular weight excluding hydrogens is 464 g/mol. The van der Waals surface area contributed by atoms with Crippen LogP contribution in [0.1, 0.15) is 22.3 Å². The molecule has 0 aliphatic heterocycles. The zero-order valence-electron chi connectivity index (χ0n) is 19.0. The summed E-state index contributed by atoms with van der Waals surface area (Å²) in [5, 5.41) is 26.9. The molecule has 2 amide bonds. The maximum atomic E-state index is 12.1. The average Bonchev–Trinajstić information content (AvgIpc) is 2.89. The van der Waals surface area contributed by atoms with Crippen LogP contribution in [0.2, 0.25) is 0 Å². The standard InChI is InChI=1S/C26H22N4O6/c31-25(14-8-19-4-10-23(11-5-19)29(33)34)27-17-21-2-1-3-22(16-21)18-28-26(32)15-9-20-6-12-24(13-7-20)30(35)36/h1-16H,17-18H2,(H,27,31)(H,28,32). The van der Waals surface area contributed by atoms with Crippen molar-refractivity contribution in [2.45, 2.75) is 13.1 Å². The van der Waals surface area contributed by atoms with E-state index in [0.29, 0.717) is 11.1 Å². The van der Waals surface area contributed by atoms with Crippen molar-refractivity contribution in [1.29, 1.82) is 0 Å². The van der Waals surface area contributed by atoms with Gasteiger partial charge in [-0.2, -0.15) is 0 Å². The first-order chi connectivity index (χ1) is 17.3. The molecule has 0 saturated heterocycles.